The van der Waals surface area contributed by atoms with Crippen LogP contribution in [0.25, 0.3) is 0 Å². The predicted octanol–water partition coefficient (Wildman–Crippen LogP) is 6.58. The summed E-state index contributed by atoms with van der Waals surface area (Å²) in [6.07, 6.45) is 4.84. The summed E-state index contributed by atoms with van der Waals surface area (Å²) in [7, 11) is 0. The second kappa shape index (κ2) is 11.9. The first-order chi connectivity index (χ1) is 10.6. The molecule has 2 aromatic rings. The molecule has 124 valence electrons. The third kappa shape index (κ3) is 6.47. The Kier molecular flexibility index (Phi) is 11.6. The van der Waals surface area contributed by atoms with E-state index in [0.717, 1.165) is 11.8 Å². The SMILES string of the molecule is CC[c-]1cccc1C(C)CC.CC[c-]1cccc1C(C)CC.[Mg+2]. The summed E-state index contributed by atoms with van der Waals surface area (Å²) < 4.78 is 0. The number of aryl methyl sites for hydroxylation is 2. The van der Waals surface area contributed by atoms with Crippen LogP contribution in [-0.2, 0) is 12.8 Å². The summed E-state index contributed by atoms with van der Waals surface area (Å²) in [6, 6.07) is 13.3. The van der Waals surface area contributed by atoms with E-state index in [-0.39, 0.29) is 23.1 Å². The molecule has 0 bridgehead atoms. The van der Waals surface area contributed by atoms with Gasteiger partial charge in [-0.1, -0.05) is 67.2 Å². The first-order valence-electron chi connectivity index (χ1n) is 9.07. The molecule has 0 saturated heterocycles. The number of hydrogen-bond donors (Lipinski definition) is 0. The van der Waals surface area contributed by atoms with Crippen LogP contribution in [0.15, 0.2) is 36.4 Å². The second-order valence-corrected chi connectivity index (χ2v) is 6.34. The third-order valence-electron chi connectivity index (χ3n) is 4.94. The Labute approximate surface area is 160 Å². The molecule has 0 aromatic heterocycles. The zero-order valence-electron chi connectivity index (χ0n) is 16.2. The number of rotatable bonds is 6. The van der Waals surface area contributed by atoms with Crippen LogP contribution in [0, 0.1) is 0 Å². The van der Waals surface area contributed by atoms with Gasteiger partial charge in [0, 0.05) is 0 Å². The van der Waals surface area contributed by atoms with Gasteiger partial charge in [0.1, 0.15) is 0 Å². The van der Waals surface area contributed by atoms with Crippen molar-refractivity contribution in [1.29, 1.82) is 0 Å². The monoisotopic (exact) mass is 322 g/mol. The van der Waals surface area contributed by atoms with Crippen LogP contribution in [0.1, 0.15) is 88.5 Å². The van der Waals surface area contributed by atoms with Crippen LogP contribution in [0.2, 0.25) is 0 Å². The van der Waals surface area contributed by atoms with Gasteiger partial charge in [0.05, 0.1) is 0 Å². The van der Waals surface area contributed by atoms with Gasteiger partial charge in [-0.2, -0.15) is 34.4 Å². The molecule has 0 N–H and O–H groups in total. The largest absolute Gasteiger partial charge is 2.00 e. The average molecular weight is 323 g/mol. The minimum Gasteiger partial charge on any atom is -0.213 e. The fourth-order valence-corrected chi connectivity index (χ4v) is 2.99. The Morgan fingerprint density at radius 1 is 0.739 bits per heavy atom. The van der Waals surface area contributed by atoms with Gasteiger partial charge in [-0.15, -0.1) is 0 Å². The molecule has 0 aliphatic carbocycles. The first kappa shape index (κ1) is 22.5. The normalized spacial score (nSPS) is 12.8. The molecule has 2 aromatic carbocycles. The zero-order chi connectivity index (χ0) is 16.5. The Balaban J connectivity index is 0.000000403. The molecule has 0 spiro atoms. The Morgan fingerprint density at radius 3 is 1.35 bits per heavy atom. The maximum atomic E-state index is 2.30. The summed E-state index contributed by atoms with van der Waals surface area (Å²) in [5.41, 5.74) is 6.16. The fraction of sp³-hybridized carbons (Fsp3) is 0.545. The van der Waals surface area contributed by atoms with Gasteiger partial charge in [-0.3, -0.25) is 0 Å². The van der Waals surface area contributed by atoms with Gasteiger partial charge in [-0.25, -0.2) is 24.3 Å². The molecule has 0 fully saturated rings. The Morgan fingerprint density at radius 2 is 1.09 bits per heavy atom. The van der Waals surface area contributed by atoms with E-state index < -0.39 is 0 Å². The maximum Gasteiger partial charge on any atom is 2.00 e. The molecule has 0 heterocycles. The van der Waals surface area contributed by atoms with Crippen molar-refractivity contribution in [2.75, 3.05) is 0 Å². The summed E-state index contributed by atoms with van der Waals surface area (Å²) in [5, 5.41) is 0. The predicted molar refractivity (Wildman–Crippen MR) is 106 cm³/mol. The summed E-state index contributed by atoms with van der Waals surface area (Å²) in [6.45, 7) is 13.5. The molecule has 0 aliphatic rings. The van der Waals surface area contributed by atoms with E-state index in [1.165, 1.54) is 36.8 Å². The summed E-state index contributed by atoms with van der Waals surface area (Å²) >= 11 is 0. The van der Waals surface area contributed by atoms with Crippen molar-refractivity contribution in [3.05, 3.63) is 58.7 Å². The Hall–Kier alpha value is -0.534. The molecule has 1 heteroatoms. The molecule has 0 radical (unpaired) electrons. The van der Waals surface area contributed by atoms with Crippen LogP contribution in [0.4, 0.5) is 0 Å². The molecule has 2 unspecified atom stereocenters. The van der Waals surface area contributed by atoms with Crippen LogP contribution < -0.4 is 0 Å². The van der Waals surface area contributed by atoms with Gasteiger partial charge in [0.2, 0.25) is 0 Å². The summed E-state index contributed by atoms with van der Waals surface area (Å²) in [5.74, 6) is 1.47. The van der Waals surface area contributed by atoms with Gasteiger partial charge in [0.15, 0.2) is 0 Å². The molecule has 0 amide bonds. The average Bonchev–Trinajstić information content (AvgIpc) is 3.22. The molecule has 23 heavy (non-hydrogen) atoms. The molecular weight excluding hydrogens is 289 g/mol. The van der Waals surface area contributed by atoms with Gasteiger partial charge in [0.25, 0.3) is 0 Å². The van der Waals surface area contributed by atoms with Crippen molar-refractivity contribution in [3.8, 4) is 0 Å². The topological polar surface area (TPSA) is 0 Å². The molecular formula is C22H34Mg. The van der Waals surface area contributed by atoms with E-state index in [2.05, 4.69) is 77.9 Å². The van der Waals surface area contributed by atoms with Crippen molar-refractivity contribution < 1.29 is 0 Å². The van der Waals surface area contributed by atoms with Crippen LogP contribution in [0.3, 0.4) is 0 Å². The standard InChI is InChI=1S/2C11H17.Mg/c2*1-4-9(3)11-8-6-7-10(11)5-2;/h2*6-9H,4-5H2,1-3H3;/q2*-1;+2. The van der Waals surface area contributed by atoms with Crippen LogP contribution in [0.5, 0.6) is 0 Å². The van der Waals surface area contributed by atoms with Crippen molar-refractivity contribution in [3.63, 3.8) is 0 Å². The minimum atomic E-state index is 0. The molecule has 2 atom stereocenters. The van der Waals surface area contributed by atoms with E-state index in [9.17, 15) is 0 Å². The van der Waals surface area contributed by atoms with E-state index in [1.807, 2.05) is 0 Å². The van der Waals surface area contributed by atoms with E-state index in [1.54, 1.807) is 11.1 Å². The quantitative estimate of drug-likeness (QED) is 0.416. The number of hydrogen-bond acceptors (Lipinski definition) is 0. The first-order valence-corrected chi connectivity index (χ1v) is 9.07. The maximum absolute atomic E-state index is 2.30. The van der Waals surface area contributed by atoms with Crippen LogP contribution >= 0.6 is 0 Å². The van der Waals surface area contributed by atoms with Gasteiger partial charge >= 0.3 is 23.1 Å². The smallest absolute Gasteiger partial charge is 0.213 e. The minimum absolute atomic E-state index is 0. The Bertz CT molecular complexity index is 469. The van der Waals surface area contributed by atoms with E-state index >= 15 is 0 Å². The van der Waals surface area contributed by atoms with Crippen molar-refractivity contribution in [2.45, 2.75) is 79.1 Å². The van der Waals surface area contributed by atoms with Crippen LogP contribution in [-0.4, -0.2) is 23.1 Å². The van der Waals surface area contributed by atoms with Gasteiger partial charge < -0.3 is 0 Å². The molecule has 0 nitrogen and oxygen atoms in total. The molecule has 0 saturated carbocycles. The molecule has 2 rings (SSSR count). The van der Waals surface area contributed by atoms with Crippen molar-refractivity contribution in [1.82, 2.24) is 0 Å². The second-order valence-electron chi connectivity index (χ2n) is 6.34. The van der Waals surface area contributed by atoms with Gasteiger partial charge in [-0.05, 0) is 11.8 Å². The van der Waals surface area contributed by atoms with E-state index in [0.29, 0.717) is 0 Å². The van der Waals surface area contributed by atoms with E-state index in [4.69, 9.17) is 0 Å². The zero-order valence-corrected chi connectivity index (χ0v) is 17.6. The fourth-order valence-electron chi connectivity index (χ4n) is 2.99. The van der Waals surface area contributed by atoms with Crippen molar-refractivity contribution in [2.24, 2.45) is 0 Å². The summed E-state index contributed by atoms with van der Waals surface area (Å²) in [4.78, 5) is 0. The third-order valence-corrected chi connectivity index (χ3v) is 4.94. The van der Waals surface area contributed by atoms with Crippen molar-refractivity contribution >= 4 is 23.1 Å². The molecule has 0 aliphatic heterocycles.